The van der Waals surface area contributed by atoms with E-state index in [-0.39, 0.29) is 17.1 Å². The molecule has 0 aliphatic rings. The van der Waals surface area contributed by atoms with E-state index in [2.05, 4.69) is 4.98 Å². The fraction of sp³-hybridized carbons (Fsp3) is 0.0769. The molecule has 0 spiro atoms. The molecule has 0 saturated carbocycles. The number of nitrogens with zero attached hydrogens (tertiary/aromatic N) is 2. The molecule has 0 aliphatic carbocycles. The van der Waals surface area contributed by atoms with Crippen LogP contribution in [-0.4, -0.2) is 21.0 Å². The van der Waals surface area contributed by atoms with Crippen LogP contribution in [0.1, 0.15) is 5.56 Å². The van der Waals surface area contributed by atoms with Crippen molar-refractivity contribution in [3.63, 3.8) is 0 Å². The minimum Gasteiger partial charge on any atom is -0.481 e. The molecule has 0 amide bonds. The van der Waals surface area contributed by atoms with E-state index in [1.165, 1.54) is 17.8 Å². The van der Waals surface area contributed by atoms with E-state index in [1.807, 2.05) is 0 Å². The first-order valence-electron chi connectivity index (χ1n) is 5.74. The average molecular weight is 325 g/mol. The van der Waals surface area contributed by atoms with Gasteiger partial charge in [-0.15, -0.1) is 0 Å². The number of carboxylic acids is 1. The lowest BCUT2D eigenvalue weighted by atomic mass is 10.2. The molecule has 1 N–H and O–H groups in total. The minimum atomic E-state index is -0.893. The number of aromatic nitrogens is 1. The van der Waals surface area contributed by atoms with Crippen molar-refractivity contribution < 1.29 is 14.8 Å². The number of hydrogen-bond acceptors (Lipinski definition) is 5. The van der Waals surface area contributed by atoms with E-state index in [0.717, 1.165) is 11.1 Å². The first kappa shape index (κ1) is 15.3. The van der Waals surface area contributed by atoms with Crippen LogP contribution in [0.5, 0.6) is 0 Å². The van der Waals surface area contributed by atoms with E-state index >= 15 is 0 Å². The molecule has 0 atom stereocenters. The average Bonchev–Trinajstić information content (AvgIpc) is 2.42. The molecule has 108 valence electrons. The lowest BCUT2D eigenvalue weighted by Gasteiger charge is -2.04. The van der Waals surface area contributed by atoms with Gasteiger partial charge in [0.2, 0.25) is 0 Å². The molecule has 0 bridgehead atoms. The van der Waals surface area contributed by atoms with Gasteiger partial charge in [-0.3, -0.25) is 14.9 Å². The van der Waals surface area contributed by atoms with Gasteiger partial charge in [-0.2, -0.15) is 0 Å². The number of hydrogen-bond donors (Lipinski definition) is 1. The van der Waals surface area contributed by atoms with E-state index in [9.17, 15) is 14.9 Å². The summed E-state index contributed by atoms with van der Waals surface area (Å²) in [5.74, 6) is -0.893. The summed E-state index contributed by atoms with van der Waals surface area (Å²) in [6, 6.07) is 8.16. The molecule has 6 nitrogen and oxygen atoms in total. The van der Waals surface area contributed by atoms with Crippen LogP contribution in [0.3, 0.4) is 0 Å². The van der Waals surface area contributed by atoms with E-state index in [1.54, 1.807) is 24.3 Å². The molecule has 0 aliphatic heterocycles. The molecule has 21 heavy (non-hydrogen) atoms. The van der Waals surface area contributed by atoms with Gasteiger partial charge >= 0.3 is 5.97 Å². The van der Waals surface area contributed by atoms with Crippen LogP contribution in [0.2, 0.25) is 5.02 Å². The van der Waals surface area contributed by atoms with Crippen LogP contribution in [0.4, 0.5) is 5.69 Å². The highest BCUT2D eigenvalue weighted by Gasteiger charge is 2.12. The molecule has 1 aromatic carbocycles. The zero-order valence-corrected chi connectivity index (χ0v) is 12.1. The Hall–Kier alpha value is -2.12. The van der Waals surface area contributed by atoms with Gasteiger partial charge in [0.1, 0.15) is 11.2 Å². The standard InChI is InChI=1S/C13H9ClN2O4S/c14-11-6-9(16(19)20)7-15-13(11)21-10-3-1-8(2-4-10)5-12(17)18/h1-4,6-7H,5H2,(H,17,18). The molecular formula is C13H9ClN2O4S. The quantitative estimate of drug-likeness (QED) is 0.669. The predicted octanol–water partition coefficient (Wildman–Crippen LogP) is 3.42. The van der Waals surface area contributed by atoms with Gasteiger partial charge in [-0.05, 0) is 17.7 Å². The van der Waals surface area contributed by atoms with Gasteiger partial charge in [0, 0.05) is 11.0 Å². The molecule has 1 aromatic heterocycles. The first-order valence-corrected chi connectivity index (χ1v) is 6.93. The minimum absolute atomic E-state index is 0.0402. The number of carboxylic acid groups (broad SMARTS) is 1. The number of nitro groups is 1. The number of halogens is 1. The monoisotopic (exact) mass is 324 g/mol. The molecule has 0 fully saturated rings. The third kappa shape index (κ3) is 4.17. The normalized spacial score (nSPS) is 10.3. The van der Waals surface area contributed by atoms with E-state index < -0.39 is 10.9 Å². The molecule has 8 heteroatoms. The van der Waals surface area contributed by atoms with Crippen molar-refractivity contribution in [3.8, 4) is 0 Å². The van der Waals surface area contributed by atoms with Crippen LogP contribution in [-0.2, 0) is 11.2 Å². The fourth-order valence-corrected chi connectivity index (χ4v) is 2.59. The van der Waals surface area contributed by atoms with Gasteiger partial charge in [-0.25, -0.2) is 4.98 Å². The van der Waals surface area contributed by atoms with Gasteiger partial charge in [0.25, 0.3) is 5.69 Å². The Labute approximate surface area is 128 Å². The highest BCUT2D eigenvalue weighted by Crippen LogP contribution is 2.33. The Kier molecular flexibility index (Phi) is 4.77. The maximum atomic E-state index is 10.6. The van der Waals surface area contributed by atoms with Gasteiger partial charge < -0.3 is 5.11 Å². The zero-order valence-electron chi connectivity index (χ0n) is 10.5. The second-order valence-electron chi connectivity index (χ2n) is 4.05. The van der Waals surface area contributed by atoms with Crippen LogP contribution in [0.15, 0.2) is 46.5 Å². The molecule has 0 saturated heterocycles. The van der Waals surface area contributed by atoms with Crippen molar-refractivity contribution in [2.75, 3.05) is 0 Å². The predicted molar refractivity (Wildman–Crippen MR) is 77.8 cm³/mol. The summed E-state index contributed by atoms with van der Waals surface area (Å²) in [5.41, 5.74) is 0.524. The van der Waals surface area contributed by atoms with Crippen LogP contribution in [0.25, 0.3) is 0 Å². The Morgan fingerprint density at radius 2 is 2.05 bits per heavy atom. The Balaban J connectivity index is 2.14. The lowest BCUT2D eigenvalue weighted by molar-refractivity contribution is -0.385. The summed E-state index contributed by atoms with van der Waals surface area (Å²) in [6.07, 6.45) is 1.11. The van der Waals surface area contributed by atoms with Crippen molar-refractivity contribution in [2.45, 2.75) is 16.3 Å². The van der Waals surface area contributed by atoms with Crippen molar-refractivity contribution in [1.29, 1.82) is 0 Å². The topological polar surface area (TPSA) is 93.3 Å². The summed E-state index contributed by atoms with van der Waals surface area (Å²) in [7, 11) is 0. The largest absolute Gasteiger partial charge is 0.481 e. The number of rotatable bonds is 5. The molecule has 2 aromatic rings. The number of pyridine rings is 1. The highest BCUT2D eigenvalue weighted by molar-refractivity contribution is 7.99. The molecule has 2 rings (SSSR count). The highest BCUT2D eigenvalue weighted by atomic mass is 35.5. The van der Waals surface area contributed by atoms with Gasteiger partial charge in [0.05, 0.1) is 16.4 Å². The van der Waals surface area contributed by atoms with Crippen LogP contribution < -0.4 is 0 Å². The van der Waals surface area contributed by atoms with Crippen LogP contribution >= 0.6 is 23.4 Å². The number of benzene rings is 1. The number of aliphatic carboxylic acids is 1. The summed E-state index contributed by atoms with van der Waals surface area (Å²) >= 11 is 7.21. The van der Waals surface area contributed by atoms with Crippen molar-refractivity contribution in [1.82, 2.24) is 4.98 Å². The molecule has 1 heterocycles. The molecule has 0 unspecified atom stereocenters. The third-order valence-corrected chi connectivity index (χ3v) is 3.92. The number of carbonyl (C=O) groups is 1. The summed E-state index contributed by atoms with van der Waals surface area (Å²) in [6.45, 7) is 0. The van der Waals surface area contributed by atoms with Crippen molar-refractivity contribution in [3.05, 3.63) is 57.2 Å². The van der Waals surface area contributed by atoms with E-state index in [4.69, 9.17) is 16.7 Å². The van der Waals surface area contributed by atoms with Gasteiger partial charge in [-0.1, -0.05) is 35.5 Å². The smallest absolute Gasteiger partial charge is 0.307 e. The van der Waals surface area contributed by atoms with E-state index in [0.29, 0.717) is 10.6 Å². The SMILES string of the molecule is O=C(O)Cc1ccc(Sc2ncc([N+](=O)[O-])cc2Cl)cc1. The fourth-order valence-electron chi connectivity index (χ4n) is 1.55. The lowest BCUT2D eigenvalue weighted by Crippen LogP contribution is -1.99. The summed E-state index contributed by atoms with van der Waals surface area (Å²) < 4.78 is 0. The van der Waals surface area contributed by atoms with Crippen molar-refractivity contribution in [2.24, 2.45) is 0 Å². The van der Waals surface area contributed by atoms with Crippen LogP contribution in [0, 0.1) is 10.1 Å². The Morgan fingerprint density at radius 1 is 1.38 bits per heavy atom. The second kappa shape index (κ2) is 6.55. The first-order chi connectivity index (χ1) is 9.95. The maximum Gasteiger partial charge on any atom is 0.307 e. The second-order valence-corrected chi connectivity index (χ2v) is 5.52. The van der Waals surface area contributed by atoms with Crippen molar-refractivity contribution >= 4 is 35.0 Å². The van der Waals surface area contributed by atoms with Gasteiger partial charge in [0.15, 0.2) is 0 Å². The summed E-state index contributed by atoms with van der Waals surface area (Å²) in [4.78, 5) is 25.4. The Morgan fingerprint density at radius 3 is 2.57 bits per heavy atom. The zero-order chi connectivity index (χ0) is 15.4. The molecular weight excluding hydrogens is 316 g/mol. The summed E-state index contributed by atoms with van der Waals surface area (Å²) in [5, 5.41) is 19.9. The molecule has 0 radical (unpaired) electrons. The Bertz CT molecular complexity index is 691. The third-order valence-electron chi connectivity index (χ3n) is 2.50. The maximum absolute atomic E-state index is 10.6.